The molecule has 0 aliphatic heterocycles. The van der Waals surface area contributed by atoms with E-state index in [1.807, 2.05) is 45.0 Å². The molecule has 1 aromatic rings. The monoisotopic (exact) mass is 306 g/mol. The Labute approximate surface area is 132 Å². The Bertz CT molecular complexity index is 500. The predicted molar refractivity (Wildman–Crippen MR) is 86.8 cm³/mol. The van der Waals surface area contributed by atoms with E-state index < -0.39 is 0 Å². The maximum absolute atomic E-state index is 11.7. The quantitative estimate of drug-likeness (QED) is 0.749. The minimum absolute atomic E-state index is 0.00402. The van der Waals surface area contributed by atoms with E-state index in [-0.39, 0.29) is 24.5 Å². The number of hydrogen-bond donors (Lipinski definition) is 1. The van der Waals surface area contributed by atoms with Gasteiger partial charge in [-0.1, -0.05) is 12.1 Å². The summed E-state index contributed by atoms with van der Waals surface area (Å²) >= 11 is 0. The van der Waals surface area contributed by atoms with Crippen LogP contribution in [-0.2, 0) is 9.59 Å². The first kappa shape index (κ1) is 18.0. The van der Waals surface area contributed by atoms with Crippen molar-refractivity contribution in [1.29, 1.82) is 0 Å². The summed E-state index contributed by atoms with van der Waals surface area (Å²) in [4.78, 5) is 24.9. The number of benzene rings is 1. The average molecular weight is 306 g/mol. The molecule has 0 saturated carbocycles. The molecule has 1 N–H and O–H groups in total. The van der Waals surface area contributed by atoms with Crippen LogP contribution in [0.1, 0.15) is 32.8 Å². The van der Waals surface area contributed by atoms with Crippen molar-refractivity contribution < 1.29 is 14.3 Å². The highest BCUT2D eigenvalue weighted by molar-refractivity contribution is 5.77. The summed E-state index contributed by atoms with van der Waals surface area (Å²) in [5.41, 5.74) is 1.09. The lowest BCUT2D eigenvalue weighted by atomic mass is 10.2. The van der Waals surface area contributed by atoms with Crippen LogP contribution < -0.4 is 10.1 Å². The molecule has 0 bridgehead atoms. The molecule has 5 heteroatoms. The van der Waals surface area contributed by atoms with Crippen LogP contribution in [0.2, 0.25) is 0 Å². The molecule has 5 nitrogen and oxygen atoms in total. The summed E-state index contributed by atoms with van der Waals surface area (Å²) in [6, 6.07) is 7.76. The van der Waals surface area contributed by atoms with Crippen molar-refractivity contribution in [2.75, 3.05) is 19.7 Å². The number of carbonyl (C=O) groups excluding carboxylic acids is 2. The molecule has 0 aliphatic carbocycles. The maximum atomic E-state index is 11.7. The Morgan fingerprint density at radius 3 is 2.64 bits per heavy atom. The first-order valence-corrected chi connectivity index (χ1v) is 7.63. The Morgan fingerprint density at radius 2 is 2.05 bits per heavy atom. The molecule has 0 radical (unpaired) electrons. The van der Waals surface area contributed by atoms with Crippen molar-refractivity contribution in [2.45, 2.75) is 40.2 Å². The molecule has 0 heterocycles. The summed E-state index contributed by atoms with van der Waals surface area (Å²) in [6.45, 7) is 8.69. The minimum atomic E-state index is -0.152. The largest absolute Gasteiger partial charge is 0.484 e. The van der Waals surface area contributed by atoms with E-state index in [1.165, 1.54) is 0 Å². The standard InChI is InChI=1S/C17H26N2O3/c1-13(2)19(15(4)20)10-6-9-18-17(21)12-22-16-8-5-7-14(3)11-16/h5,7-8,11,13H,6,9-10,12H2,1-4H3,(H,18,21). The molecule has 0 spiro atoms. The fourth-order valence-electron chi connectivity index (χ4n) is 2.16. The third-order valence-electron chi connectivity index (χ3n) is 3.29. The molecule has 0 aliphatic rings. The number of aryl methyl sites for hydroxylation is 1. The van der Waals surface area contributed by atoms with Crippen molar-refractivity contribution in [3.8, 4) is 5.75 Å². The number of carbonyl (C=O) groups is 2. The van der Waals surface area contributed by atoms with Crippen molar-refractivity contribution in [1.82, 2.24) is 10.2 Å². The zero-order valence-corrected chi connectivity index (χ0v) is 13.9. The SMILES string of the molecule is CC(=O)N(CCCNC(=O)COc1cccc(C)c1)C(C)C. The molecule has 0 aromatic heterocycles. The van der Waals surface area contributed by atoms with Crippen LogP contribution in [0.4, 0.5) is 0 Å². The van der Waals surface area contributed by atoms with Crippen molar-refractivity contribution in [3.63, 3.8) is 0 Å². The molecule has 0 fully saturated rings. The summed E-state index contributed by atoms with van der Waals surface area (Å²) in [7, 11) is 0. The Hall–Kier alpha value is -2.04. The molecule has 1 aromatic carbocycles. The highest BCUT2D eigenvalue weighted by Gasteiger charge is 2.11. The second-order valence-electron chi connectivity index (χ2n) is 5.61. The van der Waals surface area contributed by atoms with Gasteiger partial charge in [0.25, 0.3) is 5.91 Å². The van der Waals surface area contributed by atoms with Gasteiger partial charge in [0.15, 0.2) is 6.61 Å². The summed E-state index contributed by atoms with van der Waals surface area (Å²) < 4.78 is 5.43. The topological polar surface area (TPSA) is 58.6 Å². The van der Waals surface area contributed by atoms with Gasteiger partial charge in [-0.15, -0.1) is 0 Å². The minimum Gasteiger partial charge on any atom is -0.484 e. The summed E-state index contributed by atoms with van der Waals surface area (Å²) in [5.74, 6) is 0.599. The van der Waals surface area contributed by atoms with Gasteiger partial charge < -0.3 is 15.0 Å². The fraction of sp³-hybridized carbons (Fsp3) is 0.529. The number of amides is 2. The predicted octanol–water partition coefficient (Wildman–Crippen LogP) is 2.14. The van der Waals surface area contributed by atoms with Crippen molar-refractivity contribution >= 4 is 11.8 Å². The molecule has 0 unspecified atom stereocenters. The van der Waals surface area contributed by atoms with E-state index in [4.69, 9.17) is 4.74 Å². The van der Waals surface area contributed by atoms with Crippen molar-refractivity contribution in [3.05, 3.63) is 29.8 Å². The van der Waals surface area contributed by atoms with Crippen LogP contribution in [0.3, 0.4) is 0 Å². The zero-order valence-electron chi connectivity index (χ0n) is 13.9. The number of nitrogens with zero attached hydrogens (tertiary/aromatic N) is 1. The van der Waals surface area contributed by atoms with Crippen LogP contribution >= 0.6 is 0 Å². The van der Waals surface area contributed by atoms with E-state index in [2.05, 4.69) is 5.32 Å². The highest BCUT2D eigenvalue weighted by Crippen LogP contribution is 2.11. The number of hydrogen-bond acceptors (Lipinski definition) is 3. The Balaban J connectivity index is 2.22. The van der Waals surface area contributed by atoms with Gasteiger partial charge in [0, 0.05) is 26.1 Å². The third-order valence-corrected chi connectivity index (χ3v) is 3.29. The van der Waals surface area contributed by atoms with Gasteiger partial charge in [-0.2, -0.15) is 0 Å². The van der Waals surface area contributed by atoms with Gasteiger partial charge in [0.1, 0.15) is 5.75 Å². The highest BCUT2D eigenvalue weighted by atomic mass is 16.5. The molecular weight excluding hydrogens is 280 g/mol. The van der Waals surface area contributed by atoms with Gasteiger partial charge in [-0.3, -0.25) is 9.59 Å². The molecule has 22 heavy (non-hydrogen) atoms. The van der Waals surface area contributed by atoms with Gasteiger partial charge >= 0.3 is 0 Å². The van der Waals surface area contributed by atoms with E-state index in [0.717, 1.165) is 12.0 Å². The van der Waals surface area contributed by atoms with Crippen LogP contribution in [-0.4, -0.2) is 42.5 Å². The number of nitrogens with one attached hydrogen (secondary N) is 1. The second kappa shape index (κ2) is 9.07. The van der Waals surface area contributed by atoms with Crippen LogP contribution in [0.25, 0.3) is 0 Å². The molecule has 0 saturated heterocycles. The molecule has 1 rings (SSSR count). The molecule has 2 amide bonds. The molecule has 0 atom stereocenters. The van der Waals surface area contributed by atoms with Crippen LogP contribution in [0, 0.1) is 6.92 Å². The smallest absolute Gasteiger partial charge is 0.257 e. The van der Waals surface area contributed by atoms with Crippen molar-refractivity contribution in [2.24, 2.45) is 0 Å². The van der Waals surface area contributed by atoms with Gasteiger partial charge in [0.2, 0.25) is 5.91 Å². The van der Waals surface area contributed by atoms with E-state index in [9.17, 15) is 9.59 Å². The average Bonchev–Trinajstić information content (AvgIpc) is 2.44. The Kier molecular flexibility index (Phi) is 7.43. The number of rotatable bonds is 8. The maximum Gasteiger partial charge on any atom is 0.257 e. The van der Waals surface area contributed by atoms with E-state index in [0.29, 0.717) is 18.8 Å². The van der Waals surface area contributed by atoms with E-state index in [1.54, 1.807) is 11.8 Å². The lowest BCUT2D eigenvalue weighted by Crippen LogP contribution is -2.38. The lowest BCUT2D eigenvalue weighted by Gasteiger charge is -2.25. The molecular formula is C17H26N2O3. The Morgan fingerprint density at radius 1 is 1.32 bits per heavy atom. The number of ether oxygens (including phenoxy) is 1. The van der Waals surface area contributed by atoms with E-state index >= 15 is 0 Å². The van der Waals surface area contributed by atoms with Gasteiger partial charge in [0.05, 0.1) is 0 Å². The molecule has 122 valence electrons. The van der Waals surface area contributed by atoms with Gasteiger partial charge in [-0.05, 0) is 44.9 Å². The second-order valence-corrected chi connectivity index (χ2v) is 5.61. The first-order chi connectivity index (χ1) is 10.4. The zero-order chi connectivity index (χ0) is 16.5. The van der Waals surface area contributed by atoms with Gasteiger partial charge in [-0.25, -0.2) is 0 Å². The fourth-order valence-corrected chi connectivity index (χ4v) is 2.16. The first-order valence-electron chi connectivity index (χ1n) is 7.63. The third kappa shape index (κ3) is 6.61. The van der Waals surface area contributed by atoms with Crippen LogP contribution in [0.5, 0.6) is 5.75 Å². The summed E-state index contributed by atoms with van der Waals surface area (Å²) in [6.07, 6.45) is 0.730. The van der Waals surface area contributed by atoms with Crippen LogP contribution in [0.15, 0.2) is 24.3 Å². The summed E-state index contributed by atoms with van der Waals surface area (Å²) in [5, 5.41) is 2.80. The lowest BCUT2D eigenvalue weighted by molar-refractivity contribution is -0.130. The normalized spacial score (nSPS) is 10.4.